The number of nitrogens with zero attached hydrogens (tertiary/aromatic N) is 3. The molecule has 3 N–H and O–H groups in total. The smallest absolute Gasteiger partial charge is 0.270 e. The van der Waals surface area contributed by atoms with E-state index in [4.69, 9.17) is 26.5 Å². The molecule has 0 bridgehead atoms. The van der Waals surface area contributed by atoms with Crippen LogP contribution in [0.15, 0.2) is 0 Å². The fourth-order valence-corrected chi connectivity index (χ4v) is 4.05. The zero-order chi connectivity index (χ0) is 22.0. The summed E-state index contributed by atoms with van der Waals surface area (Å²) >= 11 is 0. The lowest BCUT2D eigenvalue weighted by Gasteiger charge is -2.31. The molecule has 0 aromatic rings. The zero-order valence-corrected chi connectivity index (χ0v) is 19.5. The van der Waals surface area contributed by atoms with Crippen LogP contribution in [0.4, 0.5) is 0 Å². The van der Waals surface area contributed by atoms with Crippen molar-refractivity contribution in [1.29, 1.82) is 0 Å². The Labute approximate surface area is 184 Å². The van der Waals surface area contributed by atoms with Crippen LogP contribution in [0.1, 0.15) is 38.5 Å². The van der Waals surface area contributed by atoms with E-state index in [2.05, 4.69) is 20.0 Å². The summed E-state index contributed by atoms with van der Waals surface area (Å²) in [5, 5.41) is 3.26. The van der Waals surface area contributed by atoms with Crippen LogP contribution in [0.25, 0.3) is 4.85 Å². The summed E-state index contributed by atoms with van der Waals surface area (Å²) in [7, 11) is 5.31. The molecule has 8 nitrogen and oxygen atoms in total. The molecule has 30 heavy (non-hydrogen) atoms. The molecule has 3 atom stereocenters. The van der Waals surface area contributed by atoms with Crippen molar-refractivity contribution in [2.45, 2.75) is 56.8 Å². The van der Waals surface area contributed by atoms with Crippen molar-refractivity contribution in [2.75, 3.05) is 80.4 Å². The van der Waals surface area contributed by atoms with Gasteiger partial charge < -0.3 is 25.3 Å². The van der Waals surface area contributed by atoms with E-state index < -0.39 is 0 Å². The van der Waals surface area contributed by atoms with Crippen LogP contribution in [-0.4, -0.2) is 108 Å². The first-order valence-corrected chi connectivity index (χ1v) is 11.4. The molecule has 0 spiro atoms. The summed E-state index contributed by atoms with van der Waals surface area (Å²) in [6.45, 7) is 15.5. The third kappa shape index (κ3) is 12.2. The number of methoxy groups -OCH3 is 3. The Balaban J connectivity index is 0.000000228. The number of nitrogens with two attached hydrogens (primary N) is 1. The van der Waals surface area contributed by atoms with Gasteiger partial charge in [0, 0.05) is 60.6 Å². The van der Waals surface area contributed by atoms with Crippen molar-refractivity contribution < 1.29 is 14.2 Å². The summed E-state index contributed by atoms with van der Waals surface area (Å²) in [6.07, 6.45) is 8.52. The van der Waals surface area contributed by atoms with Gasteiger partial charge in [0.1, 0.15) is 0 Å². The lowest BCUT2D eigenvalue weighted by atomic mass is 10.1. The summed E-state index contributed by atoms with van der Waals surface area (Å²) < 4.78 is 15.6. The third-order valence-corrected chi connectivity index (χ3v) is 5.89. The Morgan fingerprint density at radius 1 is 0.900 bits per heavy atom. The Bertz CT molecular complexity index is 441. The molecule has 0 aromatic carbocycles. The van der Waals surface area contributed by atoms with Crippen LogP contribution in [0.2, 0.25) is 0 Å². The highest BCUT2D eigenvalue weighted by Crippen LogP contribution is 2.12. The Hall–Kier alpha value is -0.790. The number of likely N-dealkylation sites (tertiary alicyclic amines) is 2. The lowest BCUT2D eigenvalue weighted by molar-refractivity contribution is 0.0326. The number of hydrogen-bond donors (Lipinski definition) is 2. The maximum atomic E-state index is 6.70. The minimum atomic E-state index is 0.352. The predicted molar refractivity (Wildman–Crippen MR) is 121 cm³/mol. The predicted octanol–water partition coefficient (Wildman–Crippen LogP) is 1.41. The van der Waals surface area contributed by atoms with Crippen LogP contribution < -0.4 is 11.1 Å². The zero-order valence-electron chi connectivity index (χ0n) is 19.5. The largest absolute Gasteiger partial charge is 0.380 e. The first-order chi connectivity index (χ1) is 14.7. The molecule has 3 rings (SSSR count). The van der Waals surface area contributed by atoms with Gasteiger partial charge in [0.25, 0.3) is 6.67 Å². The van der Waals surface area contributed by atoms with Crippen LogP contribution in [0, 0.1) is 6.57 Å². The first kappa shape index (κ1) is 27.2. The van der Waals surface area contributed by atoms with Gasteiger partial charge >= 0.3 is 0 Å². The van der Waals surface area contributed by atoms with Crippen LogP contribution in [-0.2, 0) is 14.2 Å². The second kappa shape index (κ2) is 17.8. The molecule has 0 aromatic heterocycles. The van der Waals surface area contributed by atoms with Gasteiger partial charge in [-0.1, -0.05) is 0 Å². The molecule has 0 saturated carbocycles. The molecule has 0 aliphatic carbocycles. The number of nitrogens with one attached hydrogen (secondary N) is 1. The Morgan fingerprint density at radius 2 is 1.47 bits per heavy atom. The number of rotatable bonds is 6. The van der Waals surface area contributed by atoms with E-state index in [1.807, 2.05) is 0 Å². The average molecular weight is 428 g/mol. The van der Waals surface area contributed by atoms with E-state index in [9.17, 15) is 0 Å². The second-order valence-electron chi connectivity index (χ2n) is 8.17. The fraction of sp³-hybridized carbons (Fsp3) is 0.955. The summed E-state index contributed by atoms with van der Waals surface area (Å²) in [4.78, 5) is 7.86. The molecular weight excluding hydrogens is 382 g/mol. The van der Waals surface area contributed by atoms with Crippen molar-refractivity contribution in [2.24, 2.45) is 5.73 Å². The number of hydrogen-bond acceptors (Lipinski definition) is 7. The lowest BCUT2D eigenvalue weighted by Crippen LogP contribution is -2.41. The van der Waals surface area contributed by atoms with Crippen LogP contribution >= 0.6 is 0 Å². The number of piperidine rings is 3. The second-order valence-corrected chi connectivity index (χ2v) is 8.17. The van der Waals surface area contributed by atoms with Gasteiger partial charge in [-0.2, -0.15) is 0 Å². The highest BCUT2D eigenvalue weighted by Gasteiger charge is 2.20. The van der Waals surface area contributed by atoms with E-state index in [1.165, 1.54) is 38.8 Å². The van der Waals surface area contributed by atoms with Crippen molar-refractivity contribution >= 4 is 0 Å². The Kier molecular flexibility index (Phi) is 16.2. The molecule has 3 heterocycles. The molecule has 8 heteroatoms. The number of ether oxygens (including phenoxy) is 3. The summed E-state index contributed by atoms with van der Waals surface area (Å²) in [5.41, 5.74) is 5.46. The third-order valence-electron chi connectivity index (χ3n) is 5.89. The van der Waals surface area contributed by atoms with Gasteiger partial charge in [-0.25, -0.2) is 11.5 Å². The molecular formula is C22H45N5O3. The normalized spacial score (nSPS) is 27.8. The minimum absolute atomic E-state index is 0.352. The molecule has 176 valence electrons. The Morgan fingerprint density at radius 3 is 1.93 bits per heavy atom. The fourth-order valence-electron chi connectivity index (χ4n) is 4.05. The van der Waals surface area contributed by atoms with Crippen molar-refractivity contribution in [3.05, 3.63) is 11.4 Å². The highest BCUT2D eigenvalue weighted by molar-refractivity contribution is 4.75. The highest BCUT2D eigenvalue weighted by atomic mass is 16.5. The molecule has 3 fully saturated rings. The molecule has 3 aliphatic heterocycles. The van der Waals surface area contributed by atoms with Gasteiger partial charge in [0.15, 0.2) is 0 Å². The summed E-state index contributed by atoms with van der Waals surface area (Å²) in [5.74, 6) is 0. The maximum absolute atomic E-state index is 6.70. The monoisotopic (exact) mass is 427 g/mol. The first-order valence-electron chi connectivity index (χ1n) is 11.4. The van der Waals surface area contributed by atoms with Crippen LogP contribution in [0.5, 0.6) is 0 Å². The minimum Gasteiger partial charge on any atom is -0.380 e. The molecule has 0 amide bonds. The average Bonchev–Trinajstić information content (AvgIpc) is 2.81. The van der Waals surface area contributed by atoms with Gasteiger partial charge in [-0.15, -0.1) is 0 Å². The van der Waals surface area contributed by atoms with Gasteiger partial charge in [-0.3, -0.25) is 9.74 Å². The van der Waals surface area contributed by atoms with E-state index in [0.29, 0.717) is 25.0 Å². The maximum Gasteiger partial charge on any atom is 0.270 e. The molecule has 3 aliphatic rings. The topological polar surface area (TPSA) is 76.6 Å². The SMILES string of the molecule is COC1CCCN(CCN)C1.COC1CCCNC1.[C-]#[N+]CN1CCCC(OC)C1. The van der Waals surface area contributed by atoms with E-state index >= 15 is 0 Å². The standard InChI is InChI=1S/C8H14N2O.C8H18N2O.C6H13NO/c1-9-7-10-5-3-4-8(6-10)11-2;1-11-8-3-2-5-10(7-8)6-4-9;1-8-6-3-2-4-7-5-6/h8H,3-7H2,2H3;8H,2-7,9H2,1H3;6-7H,2-5H2,1H3. The van der Waals surface area contributed by atoms with Crippen molar-refractivity contribution in [1.82, 2.24) is 15.1 Å². The van der Waals surface area contributed by atoms with Crippen molar-refractivity contribution in [3.8, 4) is 0 Å². The van der Waals surface area contributed by atoms with E-state index in [-0.39, 0.29) is 0 Å². The molecule has 3 unspecified atom stereocenters. The van der Waals surface area contributed by atoms with E-state index in [0.717, 1.165) is 52.1 Å². The molecule has 0 radical (unpaired) electrons. The van der Waals surface area contributed by atoms with Gasteiger partial charge in [0.05, 0.1) is 18.3 Å². The van der Waals surface area contributed by atoms with Gasteiger partial charge in [-0.05, 0) is 51.6 Å². The van der Waals surface area contributed by atoms with Gasteiger partial charge in [0.2, 0.25) is 0 Å². The van der Waals surface area contributed by atoms with Crippen molar-refractivity contribution in [3.63, 3.8) is 0 Å². The quantitative estimate of drug-likeness (QED) is 0.621. The van der Waals surface area contributed by atoms with Crippen LogP contribution in [0.3, 0.4) is 0 Å². The molecule has 3 saturated heterocycles. The summed E-state index contributed by atoms with van der Waals surface area (Å²) in [6, 6.07) is 0. The van der Waals surface area contributed by atoms with E-state index in [1.54, 1.807) is 21.3 Å².